The highest BCUT2D eigenvalue weighted by Gasteiger charge is 2.05. The van der Waals surface area contributed by atoms with Gasteiger partial charge < -0.3 is 25.1 Å². The van der Waals surface area contributed by atoms with Crippen LogP contribution in [0.4, 0.5) is 5.69 Å². The van der Waals surface area contributed by atoms with Crippen LogP contribution in [-0.2, 0) is 6.54 Å². The molecule has 3 N–H and O–H groups in total. The largest absolute Gasteiger partial charge is 0.493 e. The van der Waals surface area contributed by atoms with Crippen LogP contribution in [0.25, 0.3) is 11.0 Å². The lowest BCUT2D eigenvalue weighted by atomic mass is 10.3. The zero-order valence-corrected chi connectivity index (χ0v) is 17.7. The highest BCUT2D eigenvalue weighted by molar-refractivity contribution is 14.0. The predicted octanol–water partition coefficient (Wildman–Crippen LogP) is 3.49. The molecule has 0 unspecified atom stereocenters. The molecule has 0 saturated heterocycles. The number of nitrogens with two attached hydrogens (primary N) is 1. The number of guanidine groups is 1. The van der Waals surface area contributed by atoms with Gasteiger partial charge in [-0.25, -0.2) is 4.98 Å². The Morgan fingerprint density at radius 3 is 2.70 bits per heavy atom. The minimum absolute atomic E-state index is 0. The number of fused-ring (bicyclic) bond motifs is 1. The molecule has 1 heterocycles. The van der Waals surface area contributed by atoms with Gasteiger partial charge in [0, 0.05) is 24.8 Å². The quantitative estimate of drug-likeness (QED) is 0.234. The number of rotatable bonds is 7. The molecule has 27 heavy (non-hydrogen) atoms. The number of methoxy groups -OCH3 is 2. The van der Waals surface area contributed by atoms with Crippen molar-refractivity contribution in [2.75, 3.05) is 26.1 Å². The number of anilines is 1. The molecule has 0 spiro atoms. The maximum atomic E-state index is 5.97. The average molecular weight is 481 g/mol. The standard InChI is InChI=1S/C19H23N5O2.HI/c1-25-17-9-8-14(12-18(17)26-2)23-19(20)21-10-5-11-24-13-22-15-6-3-4-7-16(15)24;/h3-4,6-9,12-13H,5,10-11H2,1-2H3,(H3,20,21,23);1H. The molecule has 0 atom stereocenters. The van der Waals surface area contributed by atoms with Crippen molar-refractivity contribution in [1.82, 2.24) is 9.55 Å². The van der Waals surface area contributed by atoms with E-state index in [1.807, 2.05) is 42.7 Å². The van der Waals surface area contributed by atoms with Crippen molar-refractivity contribution in [1.29, 1.82) is 0 Å². The number of nitrogens with zero attached hydrogens (tertiary/aromatic N) is 3. The number of hydrogen-bond acceptors (Lipinski definition) is 4. The van der Waals surface area contributed by atoms with Gasteiger partial charge in [-0.2, -0.15) is 0 Å². The first-order valence-corrected chi connectivity index (χ1v) is 8.40. The van der Waals surface area contributed by atoms with Gasteiger partial charge in [0.05, 0.1) is 31.6 Å². The van der Waals surface area contributed by atoms with Crippen LogP contribution in [0, 0.1) is 0 Å². The van der Waals surface area contributed by atoms with Crippen molar-refractivity contribution in [3.8, 4) is 11.5 Å². The summed E-state index contributed by atoms with van der Waals surface area (Å²) in [6.07, 6.45) is 2.73. The van der Waals surface area contributed by atoms with Crippen molar-refractivity contribution in [2.45, 2.75) is 13.0 Å². The molecule has 0 radical (unpaired) electrons. The number of aliphatic imine (C=N–C) groups is 1. The average Bonchev–Trinajstić information content (AvgIpc) is 3.08. The Morgan fingerprint density at radius 2 is 1.93 bits per heavy atom. The lowest BCUT2D eigenvalue weighted by Gasteiger charge is -2.11. The lowest BCUT2D eigenvalue weighted by Crippen LogP contribution is -2.23. The van der Waals surface area contributed by atoms with Gasteiger partial charge in [-0.15, -0.1) is 24.0 Å². The second-order valence-electron chi connectivity index (χ2n) is 5.74. The van der Waals surface area contributed by atoms with Gasteiger partial charge in [-0.05, 0) is 30.7 Å². The van der Waals surface area contributed by atoms with Gasteiger partial charge in [0.1, 0.15) is 0 Å². The van der Waals surface area contributed by atoms with Gasteiger partial charge in [-0.1, -0.05) is 12.1 Å². The number of hydrogen-bond donors (Lipinski definition) is 2. The number of ether oxygens (including phenoxy) is 2. The Hall–Kier alpha value is -2.49. The molecule has 3 aromatic rings. The first-order valence-electron chi connectivity index (χ1n) is 8.40. The van der Waals surface area contributed by atoms with E-state index in [1.54, 1.807) is 14.2 Å². The molecule has 0 saturated carbocycles. The molecule has 0 aliphatic carbocycles. The molecule has 2 aromatic carbocycles. The second kappa shape index (κ2) is 10.0. The number of aromatic nitrogens is 2. The van der Waals surface area contributed by atoms with E-state index in [2.05, 4.69) is 25.9 Å². The zero-order valence-electron chi connectivity index (χ0n) is 15.4. The summed E-state index contributed by atoms with van der Waals surface area (Å²) in [6, 6.07) is 13.6. The van der Waals surface area contributed by atoms with Gasteiger partial charge in [0.2, 0.25) is 0 Å². The molecule has 144 valence electrons. The molecule has 8 heteroatoms. The van der Waals surface area contributed by atoms with Crippen molar-refractivity contribution < 1.29 is 9.47 Å². The molecular formula is C19H24IN5O2. The third-order valence-electron chi connectivity index (χ3n) is 4.02. The summed E-state index contributed by atoms with van der Waals surface area (Å²) in [5.41, 5.74) is 8.90. The van der Waals surface area contributed by atoms with Crippen LogP contribution in [0.5, 0.6) is 11.5 Å². The van der Waals surface area contributed by atoms with E-state index in [1.165, 1.54) is 0 Å². The summed E-state index contributed by atoms with van der Waals surface area (Å²) >= 11 is 0. The van der Waals surface area contributed by atoms with Crippen LogP contribution in [0.3, 0.4) is 0 Å². The Balaban J connectivity index is 0.00000261. The Labute approximate surface area is 175 Å². The third kappa shape index (κ3) is 5.25. The van der Waals surface area contributed by atoms with Crippen molar-refractivity contribution >= 4 is 46.7 Å². The highest BCUT2D eigenvalue weighted by atomic mass is 127. The van der Waals surface area contributed by atoms with E-state index in [0.717, 1.165) is 29.7 Å². The summed E-state index contributed by atoms with van der Waals surface area (Å²) in [7, 11) is 3.20. The highest BCUT2D eigenvalue weighted by Crippen LogP contribution is 2.29. The van der Waals surface area contributed by atoms with E-state index in [-0.39, 0.29) is 24.0 Å². The number of aryl methyl sites for hydroxylation is 1. The summed E-state index contributed by atoms with van der Waals surface area (Å²) in [4.78, 5) is 8.76. The SMILES string of the molecule is COc1ccc(NC(N)=NCCCn2cnc3ccccc32)cc1OC.I. The first kappa shape index (κ1) is 20.8. The van der Waals surface area contributed by atoms with Gasteiger partial charge >= 0.3 is 0 Å². The monoisotopic (exact) mass is 481 g/mol. The van der Waals surface area contributed by atoms with E-state index < -0.39 is 0 Å². The Morgan fingerprint density at radius 1 is 1.15 bits per heavy atom. The fraction of sp³-hybridized carbons (Fsp3) is 0.263. The fourth-order valence-corrected chi connectivity index (χ4v) is 2.73. The molecule has 0 fully saturated rings. The topological polar surface area (TPSA) is 86.7 Å². The van der Waals surface area contributed by atoms with E-state index >= 15 is 0 Å². The van der Waals surface area contributed by atoms with Crippen LogP contribution >= 0.6 is 24.0 Å². The minimum Gasteiger partial charge on any atom is -0.493 e. The first-order chi connectivity index (χ1) is 12.7. The molecule has 7 nitrogen and oxygen atoms in total. The summed E-state index contributed by atoms with van der Waals surface area (Å²) < 4.78 is 12.6. The molecule has 0 aliphatic heterocycles. The lowest BCUT2D eigenvalue weighted by molar-refractivity contribution is 0.355. The third-order valence-corrected chi connectivity index (χ3v) is 4.02. The Bertz CT molecular complexity index is 910. The number of nitrogens with one attached hydrogen (secondary N) is 1. The van der Waals surface area contributed by atoms with Gasteiger partial charge in [0.25, 0.3) is 0 Å². The van der Waals surface area contributed by atoms with Crippen LogP contribution < -0.4 is 20.5 Å². The van der Waals surface area contributed by atoms with E-state index in [4.69, 9.17) is 15.2 Å². The molecule has 0 bridgehead atoms. The summed E-state index contributed by atoms with van der Waals surface area (Å²) in [5, 5.41) is 3.06. The molecule has 3 rings (SSSR count). The minimum atomic E-state index is 0. The molecular weight excluding hydrogens is 457 g/mol. The summed E-state index contributed by atoms with van der Waals surface area (Å²) in [5.74, 6) is 1.67. The van der Waals surface area contributed by atoms with Crippen LogP contribution in [-0.4, -0.2) is 36.3 Å². The van der Waals surface area contributed by atoms with Crippen LogP contribution in [0.1, 0.15) is 6.42 Å². The smallest absolute Gasteiger partial charge is 0.193 e. The van der Waals surface area contributed by atoms with E-state index in [0.29, 0.717) is 24.0 Å². The van der Waals surface area contributed by atoms with Crippen molar-refractivity contribution in [3.63, 3.8) is 0 Å². The number of benzene rings is 2. The number of para-hydroxylation sites is 2. The Kier molecular flexibility index (Phi) is 7.71. The molecule has 1 aromatic heterocycles. The molecule has 0 amide bonds. The maximum Gasteiger partial charge on any atom is 0.193 e. The number of halogens is 1. The number of imidazole rings is 1. The summed E-state index contributed by atoms with van der Waals surface area (Å²) in [6.45, 7) is 1.46. The van der Waals surface area contributed by atoms with Crippen LogP contribution in [0.15, 0.2) is 53.8 Å². The zero-order chi connectivity index (χ0) is 18.4. The van der Waals surface area contributed by atoms with Gasteiger partial charge in [0.15, 0.2) is 17.5 Å². The van der Waals surface area contributed by atoms with Crippen molar-refractivity contribution in [2.24, 2.45) is 10.7 Å². The van der Waals surface area contributed by atoms with Gasteiger partial charge in [-0.3, -0.25) is 4.99 Å². The second-order valence-corrected chi connectivity index (χ2v) is 5.74. The predicted molar refractivity (Wildman–Crippen MR) is 119 cm³/mol. The fourth-order valence-electron chi connectivity index (χ4n) is 2.73. The normalized spacial score (nSPS) is 11.1. The van der Waals surface area contributed by atoms with E-state index in [9.17, 15) is 0 Å². The molecule has 0 aliphatic rings. The van der Waals surface area contributed by atoms with Crippen LogP contribution in [0.2, 0.25) is 0 Å². The maximum absolute atomic E-state index is 5.97. The van der Waals surface area contributed by atoms with Crippen molar-refractivity contribution in [3.05, 3.63) is 48.8 Å².